The van der Waals surface area contributed by atoms with Crippen molar-refractivity contribution in [3.8, 4) is 28.8 Å². The highest BCUT2D eigenvalue weighted by Crippen LogP contribution is 2.28. The second kappa shape index (κ2) is 8.34. The van der Waals surface area contributed by atoms with E-state index in [2.05, 4.69) is 11.1 Å². The quantitative estimate of drug-likeness (QED) is 0.363. The molecule has 1 aromatic heterocycles. The van der Waals surface area contributed by atoms with Gasteiger partial charge in [-0.15, -0.1) is 11.3 Å². The van der Waals surface area contributed by atoms with Gasteiger partial charge in [-0.1, -0.05) is 60.7 Å². The normalized spacial score (nSPS) is 11.0. The average molecular weight is 380 g/mol. The number of hydrogen-bond acceptors (Lipinski definition) is 4. The molecule has 28 heavy (non-hydrogen) atoms. The molecule has 4 rings (SSSR count). The smallest absolute Gasteiger partial charge is 0.134 e. The highest BCUT2D eigenvalue weighted by atomic mass is 32.1. The summed E-state index contributed by atoms with van der Waals surface area (Å²) >= 11 is 1.47. The monoisotopic (exact) mass is 380 g/mol. The van der Waals surface area contributed by atoms with Gasteiger partial charge in [0.1, 0.15) is 22.6 Å². The lowest BCUT2D eigenvalue weighted by Crippen LogP contribution is -1.85. The van der Waals surface area contributed by atoms with Crippen LogP contribution in [0.5, 0.6) is 11.5 Å². The Hall–Kier alpha value is -3.68. The van der Waals surface area contributed by atoms with E-state index in [0.29, 0.717) is 10.6 Å². The van der Waals surface area contributed by atoms with Crippen molar-refractivity contribution in [1.82, 2.24) is 4.98 Å². The van der Waals surface area contributed by atoms with Gasteiger partial charge in [-0.2, -0.15) is 5.26 Å². The molecule has 1 heterocycles. The first-order valence-electron chi connectivity index (χ1n) is 8.78. The summed E-state index contributed by atoms with van der Waals surface area (Å²) in [6.45, 7) is 0. The van der Waals surface area contributed by atoms with E-state index >= 15 is 0 Å². The Kier molecular flexibility index (Phi) is 5.28. The van der Waals surface area contributed by atoms with E-state index in [1.165, 1.54) is 11.3 Å². The fourth-order valence-electron chi connectivity index (χ4n) is 2.74. The fourth-order valence-corrected chi connectivity index (χ4v) is 3.53. The lowest BCUT2D eigenvalue weighted by molar-refractivity contribution is 0.482. The molecule has 0 saturated carbocycles. The number of aromatic nitrogens is 1. The van der Waals surface area contributed by atoms with Crippen LogP contribution < -0.4 is 4.74 Å². The van der Waals surface area contributed by atoms with Crippen LogP contribution in [0.1, 0.15) is 10.6 Å². The minimum atomic E-state index is 0.532. The zero-order valence-corrected chi connectivity index (χ0v) is 15.8. The van der Waals surface area contributed by atoms with Gasteiger partial charge in [0, 0.05) is 10.9 Å². The van der Waals surface area contributed by atoms with Gasteiger partial charge in [0.05, 0.1) is 11.3 Å². The molecule has 0 spiro atoms. The van der Waals surface area contributed by atoms with Gasteiger partial charge >= 0.3 is 0 Å². The van der Waals surface area contributed by atoms with E-state index in [1.807, 2.05) is 96.4 Å². The molecule has 0 unspecified atom stereocenters. The first kappa shape index (κ1) is 17.7. The van der Waals surface area contributed by atoms with Gasteiger partial charge in [0.15, 0.2) is 0 Å². The summed E-state index contributed by atoms with van der Waals surface area (Å²) in [5.41, 5.74) is 3.34. The summed E-state index contributed by atoms with van der Waals surface area (Å²) in [6.07, 6.45) is 1.84. The molecule has 0 aliphatic rings. The van der Waals surface area contributed by atoms with Gasteiger partial charge in [-0.05, 0) is 35.9 Å². The number of ether oxygens (including phenoxy) is 1. The van der Waals surface area contributed by atoms with Crippen molar-refractivity contribution in [2.45, 2.75) is 0 Å². The van der Waals surface area contributed by atoms with E-state index in [0.717, 1.165) is 28.3 Å². The van der Waals surface area contributed by atoms with Crippen LogP contribution in [0, 0.1) is 11.3 Å². The van der Waals surface area contributed by atoms with Gasteiger partial charge in [-0.3, -0.25) is 0 Å². The SMILES string of the molecule is N#C/C(=C/c1cccc(Oc2ccccc2)c1)c1nc(-c2ccccc2)cs1. The van der Waals surface area contributed by atoms with Crippen molar-refractivity contribution in [2.75, 3.05) is 0 Å². The minimum Gasteiger partial charge on any atom is -0.457 e. The maximum Gasteiger partial charge on any atom is 0.134 e. The second-order valence-electron chi connectivity index (χ2n) is 6.06. The molecule has 3 aromatic carbocycles. The Morgan fingerprint density at radius 2 is 1.61 bits per heavy atom. The number of allylic oxidation sites excluding steroid dienone is 1. The molecule has 3 nitrogen and oxygen atoms in total. The van der Waals surface area contributed by atoms with Gasteiger partial charge in [-0.25, -0.2) is 4.98 Å². The van der Waals surface area contributed by atoms with Crippen molar-refractivity contribution in [3.63, 3.8) is 0 Å². The molecule has 4 heteroatoms. The molecule has 0 fully saturated rings. The van der Waals surface area contributed by atoms with Crippen LogP contribution in [-0.4, -0.2) is 4.98 Å². The Labute approximate surface area is 167 Å². The summed E-state index contributed by atoms with van der Waals surface area (Å²) in [5, 5.41) is 12.3. The molecule has 0 amide bonds. The molecule has 0 aliphatic heterocycles. The van der Waals surface area contributed by atoms with Crippen LogP contribution >= 0.6 is 11.3 Å². The van der Waals surface area contributed by atoms with Crippen LogP contribution in [-0.2, 0) is 0 Å². The number of hydrogen-bond donors (Lipinski definition) is 0. The van der Waals surface area contributed by atoms with E-state index in [1.54, 1.807) is 0 Å². The maximum atomic E-state index is 9.64. The third kappa shape index (κ3) is 4.17. The molecule has 0 aliphatic carbocycles. The van der Waals surface area contributed by atoms with Crippen LogP contribution in [0.15, 0.2) is 90.3 Å². The highest BCUT2D eigenvalue weighted by molar-refractivity contribution is 7.11. The molecular weight excluding hydrogens is 364 g/mol. The topological polar surface area (TPSA) is 45.9 Å². The lowest BCUT2D eigenvalue weighted by atomic mass is 10.1. The van der Waals surface area contributed by atoms with Crippen molar-refractivity contribution < 1.29 is 4.74 Å². The third-order valence-corrected chi connectivity index (χ3v) is 4.95. The summed E-state index contributed by atoms with van der Waals surface area (Å²) in [7, 11) is 0. The molecule has 0 radical (unpaired) electrons. The predicted octanol–water partition coefficient (Wildman–Crippen LogP) is 6.67. The summed E-state index contributed by atoms with van der Waals surface area (Å²) in [6, 6.07) is 29.5. The molecule has 0 atom stereocenters. The minimum absolute atomic E-state index is 0.532. The van der Waals surface area contributed by atoms with E-state index in [-0.39, 0.29) is 0 Å². The Morgan fingerprint density at radius 3 is 2.36 bits per heavy atom. The second-order valence-corrected chi connectivity index (χ2v) is 6.92. The van der Waals surface area contributed by atoms with Crippen molar-refractivity contribution in [2.24, 2.45) is 0 Å². The predicted molar refractivity (Wildman–Crippen MR) is 114 cm³/mol. The molecule has 0 bridgehead atoms. The summed E-state index contributed by atoms with van der Waals surface area (Å²) in [5.74, 6) is 1.50. The number of rotatable bonds is 5. The Bertz CT molecular complexity index is 1140. The summed E-state index contributed by atoms with van der Waals surface area (Å²) in [4.78, 5) is 4.63. The standard InChI is InChI=1S/C24H16N2OS/c25-16-20(24-26-23(17-28-24)19-9-3-1-4-10-19)14-18-8-7-13-22(15-18)27-21-11-5-2-6-12-21/h1-15,17H/b20-14-. The number of nitrogens with zero attached hydrogens (tertiary/aromatic N) is 2. The molecule has 134 valence electrons. The van der Waals surface area contributed by atoms with Crippen LogP contribution in [0.25, 0.3) is 22.9 Å². The molecular formula is C24H16N2OS. The van der Waals surface area contributed by atoms with Crippen LogP contribution in [0.4, 0.5) is 0 Å². The van der Waals surface area contributed by atoms with Gasteiger partial charge in [0.2, 0.25) is 0 Å². The van der Waals surface area contributed by atoms with Crippen LogP contribution in [0.3, 0.4) is 0 Å². The largest absolute Gasteiger partial charge is 0.457 e. The number of nitriles is 1. The number of para-hydroxylation sites is 1. The average Bonchev–Trinajstić information content (AvgIpc) is 3.24. The van der Waals surface area contributed by atoms with Crippen LogP contribution in [0.2, 0.25) is 0 Å². The van der Waals surface area contributed by atoms with Gasteiger partial charge < -0.3 is 4.74 Å². The first-order valence-corrected chi connectivity index (χ1v) is 9.66. The highest BCUT2D eigenvalue weighted by Gasteiger charge is 2.09. The van der Waals surface area contributed by atoms with E-state index < -0.39 is 0 Å². The summed E-state index contributed by atoms with van der Waals surface area (Å²) < 4.78 is 5.88. The van der Waals surface area contributed by atoms with Crippen molar-refractivity contribution in [3.05, 3.63) is 101 Å². The maximum absolute atomic E-state index is 9.64. The molecule has 0 N–H and O–H groups in total. The third-order valence-electron chi connectivity index (χ3n) is 4.07. The number of benzene rings is 3. The Morgan fingerprint density at radius 1 is 0.893 bits per heavy atom. The Balaban J connectivity index is 1.60. The fraction of sp³-hybridized carbons (Fsp3) is 0. The van der Waals surface area contributed by atoms with E-state index in [4.69, 9.17) is 4.74 Å². The molecule has 0 saturated heterocycles. The number of thiazole rings is 1. The zero-order chi connectivity index (χ0) is 19.2. The van der Waals surface area contributed by atoms with Gasteiger partial charge in [0.25, 0.3) is 0 Å². The van der Waals surface area contributed by atoms with E-state index in [9.17, 15) is 5.26 Å². The van der Waals surface area contributed by atoms with Crippen molar-refractivity contribution >= 4 is 23.0 Å². The molecule has 4 aromatic rings. The van der Waals surface area contributed by atoms with Crippen molar-refractivity contribution in [1.29, 1.82) is 5.26 Å². The lowest BCUT2D eigenvalue weighted by Gasteiger charge is -2.06. The zero-order valence-electron chi connectivity index (χ0n) is 14.9. The first-order chi connectivity index (χ1) is 13.8.